The average molecular weight is 528 g/mol. The molecular weight excluding hydrogens is 478 g/mol. The molecule has 37 heavy (non-hydrogen) atoms. The molecule has 0 spiro atoms. The second-order valence-electron chi connectivity index (χ2n) is 12.0. The molecule has 1 aromatic rings. The van der Waals surface area contributed by atoms with Gasteiger partial charge in [-0.05, 0) is 106 Å². The van der Waals surface area contributed by atoms with Crippen LogP contribution < -0.4 is 9.47 Å². The maximum absolute atomic E-state index is 13.1. The van der Waals surface area contributed by atoms with Crippen molar-refractivity contribution in [3.63, 3.8) is 0 Å². The Morgan fingerprint density at radius 2 is 1.92 bits per heavy atom. The molecule has 0 N–H and O–H groups in total. The first kappa shape index (κ1) is 28.5. The number of rotatable bonds is 11. The van der Waals surface area contributed by atoms with Crippen molar-refractivity contribution in [3.05, 3.63) is 28.8 Å². The molecule has 0 saturated carbocycles. The number of likely N-dealkylation sites (tertiary alicyclic amines) is 1. The number of unbranched alkanes of at least 4 members (excludes halogenated alkanes) is 2. The summed E-state index contributed by atoms with van der Waals surface area (Å²) in [4.78, 5) is 15.6. The highest BCUT2D eigenvalue weighted by Gasteiger charge is 2.38. The van der Waals surface area contributed by atoms with Crippen molar-refractivity contribution in [2.24, 2.45) is 5.92 Å². The molecule has 2 atom stereocenters. The molecule has 4 rings (SSSR count). The van der Waals surface area contributed by atoms with Gasteiger partial charge < -0.3 is 14.4 Å². The monoisotopic (exact) mass is 527 g/mol. The SMILES string of the molecule is CCCCCC(C)C(C)c1cc(OC(=O)CCCN2CCCCC2)c2c(c1)OC(C)(C)C1=C2CCSC1. The van der Waals surface area contributed by atoms with Crippen LogP contribution >= 0.6 is 11.8 Å². The topological polar surface area (TPSA) is 38.8 Å². The Hall–Kier alpha value is -1.46. The van der Waals surface area contributed by atoms with E-state index in [0.717, 1.165) is 48.0 Å². The van der Waals surface area contributed by atoms with E-state index < -0.39 is 0 Å². The van der Waals surface area contributed by atoms with Gasteiger partial charge in [0.25, 0.3) is 0 Å². The third kappa shape index (κ3) is 7.15. The average Bonchev–Trinajstić information content (AvgIpc) is 2.88. The Kier molecular flexibility index (Phi) is 10.1. The Labute approximate surface area is 229 Å². The van der Waals surface area contributed by atoms with Gasteiger partial charge in [0, 0.05) is 12.2 Å². The fraction of sp³-hybridized carbons (Fsp3) is 0.719. The number of carbonyl (C=O) groups excluding carboxylic acids is 1. The molecule has 3 aliphatic heterocycles. The fourth-order valence-corrected chi connectivity index (χ4v) is 7.38. The summed E-state index contributed by atoms with van der Waals surface area (Å²) in [5.41, 5.74) is 4.63. The lowest BCUT2D eigenvalue weighted by atomic mass is 9.81. The van der Waals surface area contributed by atoms with Gasteiger partial charge >= 0.3 is 5.97 Å². The van der Waals surface area contributed by atoms with E-state index in [1.807, 2.05) is 11.8 Å². The van der Waals surface area contributed by atoms with E-state index in [2.05, 4.69) is 51.7 Å². The van der Waals surface area contributed by atoms with E-state index in [1.165, 1.54) is 74.7 Å². The Bertz CT molecular complexity index is 963. The summed E-state index contributed by atoms with van der Waals surface area (Å²) < 4.78 is 12.9. The van der Waals surface area contributed by atoms with Crippen molar-refractivity contribution < 1.29 is 14.3 Å². The molecular formula is C32H49NO3S. The number of esters is 1. The van der Waals surface area contributed by atoms with E-state index in [9.17, 15) is 4.79 Å². The van der Waals surface area contributed by atoms with Crippen LogP contribution in [0.4, 0.5) is 0 Å². The van der Waals surface area contributed by atoms with Gasteiger partial charge in [0.2, 0.25) is 0 Å². The summed E-state index contributed by atoms with van der Waals surface area (Å²) in [5.74, 6) is 4.53. The summed E-state index contributed by atoms with van der Waals surface area (Å²) in [6.45, 7) is 14.6. The highest BCUT2D eigenvalue weighted by Crippen LogP contribution is 2.51. The van der Waals surface area contributed by atoms with Gasteiger partial charge in [-0.3, -0.25) is 4.79 Å². The third-order valence-corrected chi connectivity index (χ3v) is 9.74. The molecule has 206 valence electrons. The molecule has 0 bridgehead atoms. The number of piperidine rings is 1. The van der Waals surface area contributed by atoms with Crippen LogP contribution in [-0.2, 0) is 4.79 Å². The van der Waals surface area contributed by atoms with Crippen molar-refractivity contribution >= 4 is 23.3 Å². The first-order chi connectivity index (χ1) is 17.8. The molecule has 3 aliphatic rings. The highest BCUT2D eigenvalue weighted by molar-refractivity contribution is 7.99. The maximum Gasteiger partial charge on any atom is 0.311 e. The van der Waals surface area contributed by atoms with Crippen LogP contribution in [0.15, 0.2) is 17.7 Å². The number of hydrogen-bond acceptors (Lipinski definition) is 5. The van der Waals surface area contributed by atoms with Gasteiger partial charge in [-0.25, -0.2) is 0 Å². The number of ether oxygens (including phenoxy) is 2. The second kappa shape index (κ2) is 13.1. The zero-order valence-corrected chi connectivity index (χ0v) is 24.8. The fourth-order valence-electron chi connectivity index (χ4n) is 6.17. The highest BCUT2D eigenvalue weighted by atomic mass is 32.2. The standard InChI is InChI=1S/C32H49NO3S/c1-6-7-9-13-23(2)24(3)25-20-28(35-30(34)14-12-18-33-16-10-8-11-17-33)31-26-15-19-37-22-27(26)32(4,5)36-29(31)21-25/h20-21,23-24H,6-19,22H2,1-5H3. The number of fused-ring (bicyclic) bond motifs is 2. The number of hydrogen-bond donors (Lipinski definition) is 0. The smallest absolute Gasteiger partial charge is 0.311 e. The van der Waals surface area contributed by atoms with Gasteiger partial charge in [0.15, 0.2) is 0 Å². The molecule has 0 aromatic heterocycles. The number of nitrogens with zero attached hydrogens (tertiary/aromatic N) is 1. The summed E-state index contributed by atoms with van der Waals surface area (Å²) >= 11 is 1.97. The summed E-state index contributed by atoms with van der Waals surface area (Å²) in [6, 6.07) is 4.41. The molecule has 2 unspecified atom stereocenters. The summed E-state index contributed by atoms with van der Waals surface area (Å²) in [7, 11) is 0. The minimum atomic E-state index is -0.333. The quantitative estimate of drug-likeness (QED) is 0.165. The zero-order chi connectivity index (χ0) is 26.4. The van der Waals surface area contributed by atoms with Crippen molar-refractivity contribution in [2.45, 2.75) is 110 Å². The van der Waals surface area contributed by atoms with Crippen molar-refractivity contribution in [1.29, 1.82) is 0 Å². The maximum atomic E-state index is 13.1. The predicted octanol–water partition coefficient (Wildman–Crippen LogP) is 8.24. The van der Waals surface area contributed by atoms with Gasteiger partial charge in [-0.2, -0.15) is 11.8 Å². The van der Waals surface area contributed by atoms with Gasteiger partial charge in [-0.1, -0.05) is 52.9 Å². The van der Waals surface area contributed by atoms with Crippen LogP contribution in [0.3, 0.4) is 0 Å². The number of carbonyl (C=O) groups is 1. The van der Waals surface area contributed by atoms with E-state index in [1.54, 1.807) is 0 Å². The molecule has 0 amide bonds. The van der Waals surface area contributed by atoms with E-state index in [0.29, 0.717) is 18.3 Å². The molecule has 1 saturated heterocycles. The Morgan fingerprint density at radius 1 is 1.14 bits per heavy atom. The van der Waals surface area contributed by atoms with Crippen molar-refractivity contribution in [3.8, 4) is 11.5 Å². The molecule has 1 fully saturated rings. The molecule has 3 heterocycles. The Balaban J connectivity index is 1.58. The minimum Gasteiger partial charge on any atom is -0.483 e. The van der Waals surface area contributed by atoms with E-state index in [-0.39, 0.29) is 11.6 Å². The molecule has 0 aliphatic carbocycles. The van der Waals surface area contributed by atoms with Gasteiger partial charge in [-0.15, -0.1) is 0 Å². The van der Waals surface area contributed by atoms with Crippen LogP contribution in [-0.4, -0.2) is 47.6 Å². The summed E-state index contributed by atoms with van der Waals surface area (Å²) in [5, 5.41) is 0. The van der Waals surface area contributed by atoms with E-state index in [4.69, 9.17) is 9.47 Å². The lowest BCUT2D eigenvalue weighted by Crippen LogP contribution is -2.37. The largest absolute Gasteiger partial charge is 0.483 e. The van der Waals surface area contributed by atoms with Gasteiger partial charge in [0.05, 0.1) is 5.56 Å². The molecule has 1 aromatic carbocycles. The lowest BCUT2D eigenvalue weighted by molar-refractivity contribution is -0.134. The number of thioether (sulfide) groups is 1. The normalized spacial score (nSPS) is 21.0. The van der Waals surface area contributed by atoms with Crippen LogP contribution in [0.2, 0.25) is 0 Å². The van der Waals surface area contributed by atoms with Crippen molar-refractivity contribution in [2.75, 3.05) is 31.1 Å². The number of allylic oxidation sites excluding steroid dienone is 1. The van der Waals surface area contributed by atoms with Crippen LogP contribution in [0.5, 0.6) is 11.5 Å². The Morgan fingerprint density at radius 3 is 2.68 bits per heavy atom. The first-order valence-electron chi connectivity index (χ1n) is 14.9. The summed E-state index contributed by atoms with van der Waals surface area (Å²) in [6.07, 6.45) is 11.2. The predicted molar refractivity (Wildman–Crippen MR) is 157 cm³/mol. The van der Waals surface area contributed by atoms with Gasteiger partial charge in [0.1, 0.15) is 17.1 Å². The molecule has 4 nitrogen and oxygen atoms in total. The van der Waals surface area contributed by atoms with E-state index >= 15 is 0 Å². The minimum absolute atomic E-state index is 0.114. The number of benzene rings is 1. The van der Waals surface area contributed by atoms with Crippen LogP contribution in [0.1, 0.15) is 116 Å². The van der Waals surface area contributed by atoms with Crippen molar-refractivity contribution in [1.82, 2.24) is 4.90 Å². The molecule has 5 heteroatoms. The first-order valence-corrected chi connectivity index (χ1v) is 16.1. The van der Waals surface area contributed by atoms with Crippen LogP contribution in [0, 0.1) is 5.92 Å². The third-order valence-electron chi connectivity index (χ3n) is 8.76. The lowest BCUT2D eigenvalue weighted by Gasteiger charge is -2.40. The second-order valence-corrected chi connectivity index (χ2v) is 13.1. The zero-order valence-electron chi connectivity index (χ0n) is 24.0. The van der Waals surface area contributed by atoms with Crippen LogP contribution in [0.25, 0.3) is 5.57 Å². The molecule has 0 radical (unpaired) electrons.